The fourth-order valence-corrected chi connectivity index (χ4v) is 6.74. The lowest BCUT2D eigenvalue weighted by atomic mass is 10.0. The molecule has 0 N–H and O–H groups in total. The number of methoxy groups -OCH3 is 1. The lowest BCUT2D eigenvalue weighted by Gasteiger charge is -2.49. The Kier molecular flexibility index (Phi) is 11.1. The molecule has 1 aromatic heterocycles. The molecule has 0 bridgehead atoms. The van der Waals surface area contributed by atoms with Crippen LogP contribution >= 0.6 is 0 Å². The molecule has 4 heterocycles. The molecule has 2 amide bonds. The van der Waals surface area contributed by atoms with E-state index in [2.05, 4.69) is 28.6 Å². The van der Waals surface area contributed by atoms with Crippen molar-refractivity contribution in [1.82, 2.24) is 19.7 Å². The summed E-state index contributed by atoms with van der Waals surface area (Å²) < 4.78 is 36.6. The van der Waals surface area contributed by atoms with E-state index in [1.54, 1.807) is 35.2 Å². The van der Waals surface area contributed by atoms with Gasteiger partial charge in [0.1, 0.15) is 23.7 Å². The van der Waals surface area contributed by atoms with Crippen LogP contribution < -0.4 is 9.64 Å². The van der Waals surface area contributed by atoms with E-state index < -0.39 is 5.60 Å². The van der Waals surface area contributed by atoms with Crippen molar-refractivity contribution < 1.29 is 32.9 Å². The van der Waals surface area contributed by atoms with Crippen molar-refractivity contribution in [3.8, 4) is 5.88 Å². The van der Waals surface area contributed by atoms with Gasteiger partial charge >= 0.3 is 6.09 Å². The molecular formula is C35H50FN5O6. The minimum Gasteiger partial charge on any atom is -0.474 e. The van der Waals surface area contributed by atoms with E-state index in [-0.39, 0.29) is 61.2 Å². The summed E-state index contributed by atoms with van der Waals surface area (Å²) in [7, 11) is 1.61. The van der Waals surface area contributed by atoms with Gasteiger partial charge in [-0.1, -0.05) is 12.1 Å². The zero-order valence-electron chi connectivity index (χ0n) is 28.8. The molecule has 1 aromatic carbocycles. The second-order valence-electron chi connectivity index (χ2n) is 14.2. The van der Waals surface area contributed by atoms with E-state index in [4.69, 9.17) is 18.9 Å². The van der Waals surface area contributed by atoms with Crippen molar-refractivity contribution >= 4 is 17.7 Å². The topological polar surface area (TPSA) is 96.9 Å². The van der Waals surface area contributed by atoms with Crippen molar-refractivity contribution in [1.29, 1.82) is 0 Å². The van der Waals surface area contributed by atoms with Crippen molar-refractivity contribution in [3.05, 3.63) is 53.5 Å². The van der Waals surface area contributed by atoms with E-state index in [0.29, 0.717) is 57.4 Å². The summed E-state index contributed by atoms with van der Waals surface area (Å²) in [4.78, 5) is 40.5. The largest absolute Gasteiger partial charge is 0.474 e. The Morgan fingerprint density at radius 2 is 1.68 bits per heavy atom. The van der Waals surface area contributed by atoms with Gasteiger partial charge in [-0.3, -0.25) is 19.5 Å². The number of ether oxygens (including phenoxy) is 4. The average Bonchev–Trinajstić information content (AvgIpc) is 3.00. The highest BCUT2D eigenvalue weighted by atomic mass is 19.1. The second-order valence-corrected chi connectivity index (χ2v) is 14.2. The third-order valence-electron chi connectivity index (χ3n) is 9.07. The first-order chi connectivity index (χ1) is 22.3. The van der Waals surface area contributed by atoms with E-state index >= 15 is 0 Å². The zero-order chi connectivity index (χ0) is 33.9. The van der Waals surface area contributed by atoms with Crippen LogP contribution in [-0.2, 0) is 25.4 Å². The fraction of sp³-hybridized carbons (Fsp3) is 0.629. The Hall–Kier alpha value is -3.32. The van der Waals surface area contributed by atoms with Crippen LogP contribution in [0.4, 0.5) is 14.9 Å². The molecule has 2 saturated heterocycles. The molecule has 0 unspecified atom stereocenters. The van der Waals surface area contributed by atoms with E-state index in [1.807, 2.05) is 33.8 Å². The number of rotatable bonds is 8. The molecule has 0 spiro atoms. The van der Waals surface area contributed by atoms with Gasteiger partial charge < -0.3 is 23.8 Å². The molecule has 0 aliphatic carbocycles. The summed E-state index contributed by atoms with van der Waals surface area (Å²) in [6, 6.07) is 8.08. The van der Waals surface area contributed by atoms with Gasteiger partial charge in [0.15, 0.2) is 0 Å². The zero-order valence-corrected chi connectivity index (χ0v) is 28.8. The first-order valence-corrected chi connectivity index (χ1v) is 16.6. The Balaban J connectivity index is 1.41. The number of benzene rings is 1. The maximum Gasteiger partial charge on any atom is 0.410 e. The van der Waals surface area contributed by atoms with Crippen molar-refractivity contribution in [2.75, 3.05) is 64.6 Å². The number of carbonyl (C=O) groups is 2. The summed E-state index contributed by atoms with van der Waals surface area (Å²) in [6.45, 7) is 15.5. The minimum absolute atomic E-state index is 0.0941. The van der Waals surface area contributed by atoms with Gasteiger partial charge in [-0.05, 0) is 77.3 Å². The minimum atomic E-state index is -0.615. The average molecular weight is 656 g/mol. The van der Waals surface area contributed by atoms with Crippen LogP contribution in [0.1, 0.15) is 52.7 Å². The third-order valence-corrected chi connectivity index (χ3v) is 9.07. The Bertz CT molecular complexity index is 1380. The summed E-state index contributed by atoms with van der Waals surface area (Å²) in [5.41, 5.74) is 1.79. The SMILES string of the molecule is COC[C@H]1COc2ncc(Cc3ccc(F)cc3)cc2N1C(=O)CN1C[C@@H](C)N(C(=O)OC(C)(C)C)C[C@@H]1CN1[C@H](C)COC[C@H]1C. The molecule has 47 heavy (non-hydrogen) atoms. The second kappa shape index (κ2) is 14.8. The molecule has 258 valence electrons. The maximum absolute atomic E-state index is 14.5. The van der Waals surface area contributed by atoms with Gasteiger partial charge in [0, 0.05) is 57.1 Å². The third kappa shape index (κ3) is 8.59. The molecule has 2 fully saturated rings. The first kappa shape index (κ1) is 35.0. The lowest BCUT2D eigenvalue weighted by Crippen LogP contribution is -2.65. The van der Waals surface area contributed by atoms with Crippen molar-refractivity contribution in [3.63, 3.8) is 0 Å². The number of hydrogen-bond acceptors (Lipinski definition) is 9. The number of amides is 2. The molecule has 3 aliphatic rings. The molecule has 5 rings (SSSR count). The first-order valence-electron chi connectivity index (χ1n) is 16.6. The highest BCUT2D eigenvalue weighted by molar-refractivity contribution is 5.97. The maximum atomic E-state index is 14.5. The monoisotopic (exact) mass is 655 g/mol. The molecule has 5 atom stereocenters. The van der Waals surface area contributed by atoms with Crippen LogP contribution in [0.3, 0.4) is 0 Å². The van der Waals surface area contributed by atoms with Gasteiger partial charge in [-0.15, -0.1) is 0 Å². The summed E-state index contributed by atoms with van der Waals surface area (Å²) in [5, 5.41) is 0. The van der Waals surface area contributed by atoms with Crippen LogP contribution in [0, 0.1) is 5.82 Å². The van der Waals surface area contributed by atoms with E-state index in [9.17, 15) is 14.0 Å². The van der Waals surface area contributed by atoms with Crippen LogP contribution in [0.25, 0.3) is 0 Å². The lowest BCUT2D eigenvalue weighted by molar-refractivity contribution is -0.123. The molecule has 0 radical (unpaired) electrons. The van der Waals surface area contributed by atoms with Gasteiger partial charge in [-0.2, -0.15) is 0 Å². The van der Waals surface area contributed by atoms with Gasteiger partial charge in [0.25, 0.3) is 0 Å². The highest BCUT2D eigenvalue weighted by Gasteiger charge is 2.41. The van der Waals surface area contributed by atoms with Crippen LogP contribution in [0.15, 0.2) is 36.5 Å². The van der Waals surface area contributed by atoms with Gasteiger partial charge in [0.2, 0.25) is 11.8 Å². The molecule has 3 aliphatic heterocycles. The number of hydrogen-bond donors (Lipinski definition) is 0. The standard InChI is InChI=1S/C35H50FN5O6/c1-23-15-38(29(16-39-24(2)19-45-20-25(39)3)17-40(23)34(43)47-35(4,5)6)18-32(42)41-30(21-44-7)22-46-33-31(41)13-27(14-37-33)12-26-8-10-28(36)11-9-26/h8-11,13-14,23-25,29-30H,12,15-22H2,1-7H3/t23-,24-,25-,29+,30+/m1/s1. The number of aromatic nitrogens is 1. The van der Waals surface area contributed by atoms with Crippen LogP contribution in [-0.4, -0.2) is 127 Å². The Labute approximate surface area is 277 Å². The number of halogens is 1. The Morgan fingerprint density at radius 1 is 0.979 bits per heavy atom. The normalized spacial score (nSPS) is 25.7. The summed E-state index contributed by atoms with van der Waals surface area (Å²) in [6.07, 6.45) is 1.92. The number of piperazine rings is 1. The highest BCUT2D eigenvalue weighted by Crippen LogP contribution is 2.34. The van der Waals surface area contributed by atoms with Gasteiger partial charge in [-0.25, -0.2) is 14.2 Å². The van der Waals surface area contributed by atoms with Crippen molar-refractivity contribution in [2.45, 2.75) is 83.8 Å². The number of carbonyl (C=O) groups excluding carboxylic acids is 2. The Morgan fingerprint density at radius 3 is 2.34 bits per heavy atom. The number of nitrogens with zero attached hydrogens (tertiary/aromatic N) is 5. The fourth-order valence-electron chi connectivity index (χ4n) is 6.74. The molecule has 2 aromatic rings. The molecule has 12 heteroatoms. The predicted molar refractivity (Wildman–Crippen MR) is 176 cm³/mol. The summed E-state index contributed by atoms with van der Waals surface area (Å²) >= 11 is 0. The van der Waals surface area contributed by atoms with Crippen molar-refractivity contribution in [2.24, 2.45) is 0 Å². The van der Waals surface area contributed by atoms with E-state index in [0.717, 1.165) is 11.1 Å². The predicted octanol–water partition coefficient (Wildman–Crippen LogP) is 3.97. The van der Waals surface area contributed by atoms with E-state index in [1.165, 1.54) is 12.1 Å². The smallest absolute Gasteiger partial charge is 0.410 e. The van der Waals surface area contributed by atoms with Gasteiger partial charge in [0.05, 0.1) is 32.4 Å². The number of fused-ring (bicyclic) bond motifs is 1. The number of anilines is 1. The van der Waals surface area contributed by atoms with Crippen LogP contribution in [0.5, 0.6) is 5.88 Å². The van der Waals surface area contributed by atoms with Crippen LogP contribution in [0.2, 0.25) is 0 Å². The summed E-state index contributed by atoms with van der Waals surface area (Å²) in [5.74, 6) is 0.00879. The quantitative estimate of drug-likeness (QED) is 0.419. The molecule has 0 saturated carbocycles. The number of pyridine rings is 1. The molecular weight excluding hydrogens is 605 g/mol. The number of morpholine rings is 1. The molecule has 11 nitrogen and oxygen atoms in total.